The van der Waals surface area contributed by atoms with E-state index in [0.717, 1.165) is 32.5 Å². The summed E-state index contributed by atoms with van der Waals surface area (Å²) in [4.78, 5) is 2.40. The van der Waals surface area contributed by atoms with Crippen LogP contribution in [0.15, 0.2) is 22.7 Å². The first kappa shape index (κ1) is 15.8. The predicted molar refractivity (Wildman–Crippen MR) is 88.5 cm³/mol. The van der Waals surface area contributed by atoms with Crippen molar-refractivity contribution in [3.63, 3.8) is 0 Å². The summed E-state index contributed by atoms with van der Waals surface area (Å²) in [6, 6.07) is 7.07. The number of methoxy groups -OCH3 is 1. The van der Waals surface area contributed by atoms with Gasteiger partial charge >= 0.3 is 0 Å². The molecule has 1 saturated heterocycles. The van der Waals surface area contributed by atoms with E-state index in [1.165, 1.54) is 15.7 Å². The van der Waals surface area contributed by atoms with E-state index in [4.69, 9.17) is 4.74 Å². The van der Waals surface area contributed by atoms with E-state index in [1.54, 1.807) is 7.11 Å². The van der Waals surface area contributed by atoms with Gasteiger partial charge in [-0.15, -0.1) is 0 Å². The van der Waals surface area contributed by atoms with Crippen molar-refractivity contribution >= 4 is 21.6 Å². The van der Waals surface area contributed by atoms with Crippen LogP contribution in [0.1, 0.15) is 38.3 Å². The number of rotatable bonds is 6. The Balaban J connectivity index is 2.06. The molecule has 1 aliphatic heterocycles. The van der Waals surface area contributed by atoms with Gasteiger partial charge in [0, 0.05) is 36.4 Å². The van der Waals surface area contributed by atoms with Crippen molar-refractivity contribution < 1.29 is 4.74 Å². The number of ether oxygens (including phenoxy) is 1. The van der Waals surface area contributed by atoms with Crippen molar-refractivity contribution in [3.8, 4) is 0 Å². The third kappa shape index (κ3) is 3.74. The fourth-order valence-corrected chi connectivity index (χ4v) is 3.40. The molecular formula is C16H25BrN2O. The molecule has 2 unspecified atom stereocenters. The molecule has 1 aliphatic rings. The number of benzene rings is 1. The van der Waals surface area contributed by atoms with Crippen molar-refractivity contribution in [3.05, 3.63) is 28.2 Å². The zero-order valence-corrected chi connectivity index (χ0v) is 14.2. The first-order chi connectivity index (χ1) is 9.65. The highest BCUT2D eigenvalue weighted by atomic mass is 79.9. The van der Waals surface area contributed by atoms with E-state index < -0.39 is 0 Å². The predicted octanol–water partition coefficient (Wildman–Crippen LogP) is 3.73. The summed E-state index contributed by atoms with van der Waals surface area (Å²) in [5.74, 6) is 0. The largest absolute Gasteiger partial charge is 0.380 e. The second-order valence-corrected chi connectivity index (χ2v) is 6.33. The molecule has 112 valence electrons. The van der Waals surface area contributed by atoms with Gasteiger partial charge in [-0.2, -0.15) is 0 Å². The minimum Gasteiger partial charge on any atom is -0.380 e. The summed E-state index contributed by atoms with van der Waals surface area (Å²) in [7, 11) is 1.80. The molecule has 1 heterocycles. The van der Waals surface area contributed by atoms with Gasteiger partial charge in [0.15, 0.2) is 0 Å². The molecule has 1 aromatic rings. The van der Waals surface area contributed by atoms with Gasteiger partial charge in [0.25, 0.3) is 0 Å². The summed E-state index contributed by atoms with van der Waals surface area (Å²) in [6.45, 7) is 7.53. The average Bonchev–Trinajstić information content (AvgIpc) is 2.93. The first-order valence-electron chi connectivity index (χ1n) is 7.46. The molecule has 0 saturated carbocycles. The third-order valence-corrected chi connectivity index (χ3v) is 4.68. The Hall–Kier alpha value is -0.580. The van der Waals surface area contributed by atoms with Crippen LogP contribution in [-0.2, 0) is 4.74 Å². The molecular weight excluding hydrogens is 316 g/mol. The maximum atomic E-state index is 5.44. The van der Waals surface area contributed by atoms with Gasteiger partial charge in [0.1, 0.15) is 0 Å². The number of hydrogen-bond acceptors (Lipinski definition) is 3. The normalized spacial score (nSPS) is 20.4. The monoisotopic (exact) mass is 340 g/mol. The van der Waals surface area contributed by atoms with Crippen LogP contribution in [0.3, 0.4) is 0 Å². The van der Waals surface area contributed by atoms with Gasteiger partial charge in [-0.05, 0) is 44.0 Å². The Morgan fingerprint density at radius 2 is 2.30 bits per heavy atom. The Morgan fingerprint density at radius 1 is 1.50 bits per heavy atom. The number of nitrogens with one attached hydrogen (secondary N) is 1. The first-order valence-corrected chi connectivity index (χ1v) is 8.25. The van der Waals surface area contributed by atoms with E-state index in [0.29, 0.717) is 12.1 Å². The van der Waals surface area contributed by atoms with Gasteiger partial charge in [0.05, 0.1) is 6.10 Å². The molecule has 0 amide bonds. The molecule has 0 spiro atoms. The van der Waals surface area contributed by atoms with Crippen LogP contribution >= 0.6 is 15.9 Å². The number of halogens is 1. The zero-order chi connectivity index (χ0) is 14.5. The molecule has 2 atom stereocenters. The van der Waals surface area contributed by atoms with Gasteiger partial charge in [-0.1, -0.05) is 28.9 Å². The van der Waals surface area contributed by atoms with Crippen LogP contribution in [0.5, 0.6) is 0 Å². The Bertz CT molecular complexity index is 438. The van der Waals surface area contributed by atoms with Crippen LogP contribution in [0.2, 0.25) is 0 Å². The van der Waals surface area contributed by atoms with Crippen LogP contribution in [0, 0.1) is 0 Å². The van der Waals surface area contributed by atoms with Gasteiger partial charge in [-0.25, -0.2) is 0 Å². The summed E-state index contributed by atoms with van der Waals surface area (Å²) >= 11 is 3.72. The molecule has 0 aromatic heterocycles. The Morgan fingerprint density at radius 3 is 2.90 bits per heavy atom. The summed E-state index contributed by atoms with van der Waals surface area (Å²) in [5, 5.41) is 3.53. The minimum absolute atomic E-state index is 0.374. The van der Waals surface area contributed by atoms with Crippen molar-refractivity contribution in [2.75, 3.05) is 31.6 Å². The lowest BCUT2D eigenvalue weighted by Crippen LogP contribution is -2.23. The summed E-state index contributed by atoms with van der Waals surface area (Å²) in [5.41, 5.74) is 2.60. The average molecular weight is 341 g/mol. The van der Waals surface area contributed by atoms with E-state index >= 15 is 0 Å². The van der Waals surface area contributed by atoms with Crippen molar-refractivity contribution in [2.45, 2.75) is 38.8 Å². The quantitative estimate of drug-likeness (QED) is 0.853. The molecule has 3 nitrogen and oxygen atoms in total. The Labute approximate surface area is 130 Å². The maximum Gasteiger partial charge on any atom is 0.0762 e. The lowest BCUT2D eigenvalue weighted by molar-refractivity contribution is 0.121. The van der Waals surface area contributed by atoms with E-state index in [9.17, 15) is 0 Å². The molecule has 0 radical (unpaired) electrons. The highest BCUT2D eigenvalue weighted by molar-refractivity contribution is 9.10. The SMILES string of the molecule is CCCNC(C)c1ccc(N2CCC(OC)C2)cc1Br. The second-order valence-electron chi connectivity index (χ2n) is 5.47. The topological polar surface area (TPSA) is 24.5 Å². The molecule has 4 heteroatoms. The smallest absolute Gasteiger partial charge is 0.0762 e. The second kappa shape index (κ2) is 7.43. The van der Waals surface area contributed by atoms with Crippen LogP contribution in [-0.4, -0.2) is 32.8 Å². The van der Waals surface area contributed by atoms with Crippen molar-refractivity contribution in [1.29, 1.82) is 0 Å². The fraction of sp³-hybridized carbons (Fsp3) is 0.625. The van der Waals surface area contributed by atoms with Crippen LogP contribution < -0.4 is 10.2 Å². The molecule has 1 aromatic carbocycles. The van der Waals surface area contributed by atoms with Crippen molar-refractivity contribution in [1.82, 2.24) is 5.32 Å². The highest BCUT2D eigenvalue weighted by Crippen LogP contribution is 2.30. The zero-order valence-electron chi connectivity index (χ0n) is 12.7. The lowest BCUT2D eigenvalue weighted by atomic mass is 10.1. The fourth-order valence-electron chi connectivity index (χ4n) is 2.69. The lowest BCUT2D eigenvalue weighted by Gasteiger charge is -2.21. The molecule has 1 N–H and O–H groups in total. The van der Waals surface area contributed by atoms with E-state index in [2.05, 4.69) is 58.2 Å². The molecule has 20 heavy (non-hydrogen) atoms. The molecule has 1 fully saturated rings. The Kier molecular flexibility index (Phi) is 5.87. The summed E-state index contributed by atoms with van der Waals surface area (Å²) in [6.07, 6.45) is 2.65. The van der Waals surface area contributed by atoms with Crippen LogP contribution in [0.25, 0.3) is 0 Å². The van der Waals surface area contributed by atoms with Crippen molar-refractivity contribution in [2.24, 2.45) is 0 Å². The standard InChI is InChI=1S/C16H25BrN2O/c1-4-8-18-12(2)15-6-5-13(10-16(15)17)19-9-7-14(11-19)20-3/h5-6,10,12,14,18H,4,7-9,11H2,1-3H3. The number of anilines is 1. The number of hydrogen-bond donors (Lipinski definition) is 1. The minimum atomic E-state index is 0.374. The summed E-state index contributed by atoms with van der Waals surface area (Å²) < 4.78 is 6.62. The van der Waals surface area contributed by atoms with Crippen LogP contribution in [0.4, 0.5) is 5.69 Å². The van der Waals surface area contributed by atoms with Gasteiger partial charge < -0.3 is 15.0 Å². The van der Waals surface area contributed by atoms with E-state index in [1.807, 2.05) is 0 Å². The third-order valence-electron chi connectivity index (χ3n) is 3.99. The van der Waals surface area contributed by atoms with Gasteiger partial charge in [-0.3, -0.25) is 0 Å². The van der Waals surface area contributed by atoms with E-state index in [-0.39, 0.29) is 0 Å². The highest BCUT2D eigenvalue weighted by Gasteiger charge is 2.22. The maximum absolute atomic E-state index is 5.44. The molecule has 0 aliphatic carbocycles. The molecule has 2 rings (SSSR count). The van der Waals surface area contributed by atoms with Gasteiger partial charge in [0.2, 0.25) is 0 Å². The molecule has 0 bridgehead atoms. The number of nitrogens with zero attached hydrogens (tertiary/aromatic N) is 1.